The van der Waals surface area contributed by atoms with E-state index in [4.69, 9.17) is 0 Å². The van der Waals surface area contributed by atoms with Gasteiger partial charge in [-0.1, -0.05) is 30.3 Å². The molecule has 1 unspecified atom stereocenters. The number of nitrogens with zero attached hydrogens (tertiary/aromatic N) is 4. The van der Waals surface area contributed by atoms with E-state index in [0.29, 0.717) is 17.4 Å². The lowest BCUT2D eigenvalue weighted by Gasteiger charge is -2.20. The second-order valence-electron chi connectivity index (χ2n) is 5.90. The molecular formula is C18H20N4O2. The number of likely N-dealkylation sites (N-methyl/N-ethyl adjacent to an activating group) is 1. The first-order valence-electron chi connectivity index (χ1n) is 7.85. The van der Waals surface area contributed by atoms with Crippen molar-refractivity contribution in [1.29, 1.82) is 0 Å². The zero-order valence-corrected chi connectivity index (χ0v) is 13.5. The minimum absolute atomic E-state index is 0.156. The van der Waals surface area contributed by atoms with Gasteiger partial charge in [0.05, 0.1) is 29.7 Å². The summed E-state index contributed by atoms with van der Waals surface area (Å²) in [6.45, 7) is 1.35. The fourth-order valence-electron chi connectivity index (χ4n) is 2.72. The van der Waals surface area contributed by atoms with E-state index in [0.717, 1.165) is 6.54 Å². The van der Waals surface area contributed by atoms with Crippen molar-refractivity contribution in [2.45, 2.75) is 19.2 Å². The van der Waals surface area contributed by atoms with Crippen LogP contribution >= 0.6 is 0 Å². The van der Waals surface area contributed by atoms with Crippen molar-refractivity contribution in [3.8, 4) is 0 Å². The number of pyridine rings is 1. The van der Waals surface area contributed by atoms with Gasteiger partial charge >= 0.3 is 0 Å². The smallest absolute Gasteiger partial charge is 0.276 e. The molecule has 6 nitrogen and oxygen atoms in total. The Hall–Kier alpha value is -2.57. The molecule has 1 aromatic carbocycles. The number of aliphatic hydroxyl groups excluding tert-OH is 1. The van der Waals surface area contributed by atoms with Crippen molar-refractivity contribution >= 4 is 10.9 Å². The van der Waals surface area contributed by atoms with Gasteiger partial charge in [-0.15, -0.1) is 0 Å². The Bertz CT molecular complexity index is 864. The monoisotopic (exact) mass is 324 g/mol. The Morgan fingerprint density at radius 2 is 2.00 bits per heavy atom. The molecule has 2 aromatic heterocycles. The molecule has 0 aliphatic carbocycles. The lowest BCUT2D eigenvalue weighted by atomic mass is 10.2. The third kappa shape index (κ3) is 3.84. The summed E-state index contributed by atoms with van der Waals surface area (Å²) in [6.07, 6.45) is 2.50. The molecule has 0 radical (unpaired) electrons. The van der Waals surface area contributed by atoms with Gasteiger partial charge in [-0.05, 0) is 24.7 Å². The third-order valence-corrected chi connectivity index (χ3v) is 3.82. The summed E-state index contributed by atoms with van der Waals surface area (Å²) < 4.78 is 1.30. The largest absolute Gasteiger partial charge is 0.390 e. The first-order valence-corrected chi connectivity index (χ1v) is 7.85. The van der Waals surface area contributed by atoms with Crippen LogP contribution in [-0.4, -0.2) is 44.5 Å². The van der Waals surface area contributed by atoms with E-state index in [1.54, 1.807) is 24.5 Å². The number of aromatic nitrogens is 3. The van der Waals surface area contributed by atoms with Crippen molar-refractivity contribution < 1.29 is 5.11 Å². The summed E-state index contributed by atoms with van der Waals surface area (Å²) in [4.78, 5) is 18.5. The Morgan fingerprint density at radius 1 is 1.21 bits per heavy atom. The van der Waals surface area contributed by atoms with Gasteiger partial charge in [0.2, 0.25) is 0 Å². The molecule has 24 heavy (non-hydrogen) atoms. The number of benzene rings is 1. The van der Waals surface area contributed by atoms with Gasteiger partial charge in [-0.2, -0.15) is 5.10 Å². The fraction of sp³-hybridized carbons (Fsp3) is 0.278. The molecular weight excluding hydrogens is 304 g/mol. The number of rotatable bonds is 6. The summed E-state index contributed by atoms with van der Waals surface area (Å²) in [6, 6.07) is 13.5. The predicted molar refractivity (Wildman–Crippen MR) is 92.6 cm³/mol. The molecule has 2 heterocycles. The molecule has 0 bridgehead atoms. The van der Waals surface area contributed by atoms with Gasteiger partial charge in [0.15, 0.2) is 0 Å². The molecule has 6 heteroatoms. The summed E-state index contributed by atoms with van der Waals surface area (Å²) in [7, 11) is 1.94. The van der Waals surface area contributed by atoms with Crippen LogP contribution in [0.15, 0.2) is 59.7 Å². The van der Waals surface area contributed by atoms with Crippen LogP contribution in [0.3, 0.4) is 0 Å². The molecule has 3 aromatic rings. The molecule has 0 fully saturated rings. The average Bonchev–Trinajstić information content (AvgIpc) is 2.58. The average molecular weight is 324 g/mol. The lowest BCUT2D eigenvalue weighted by Crippen LogP contribution is -2.35. The Kier molecular flexibility index (Phi) is 4.98. The fourth-order valence-corrected chi connectivity index (χ4v) is 2.72. The van der Waals surface area contributed by atoms with Gasteiger partial charge in [0, 0.05) is 19.3 Å². The van der Waals surface area contributed by atoms with Crippen molar-refractivity contribution in [2.24, 2.45) is 0 Å². The summed E-state index contributed by atoms with van der Waals surface area (Å²) >= 11 is 0. The quantitative estimate of drug-likeness (QED) is 0.740. The maximum atomic E-state index is 12.4. The minimum Gasteiger partial charge on any atom is -0.390 e. The van der Waals surface area contributed by atoms with Crippen LogP contribution in [0.5, 0.6) is 0 Å². The molecule has 0 saturated heterocycles. The Morgan fingerprint density at radius 3 is 2.79 bits per heavy atom. The SMILES string of the molecule is CN(Cc1ccccc1)CC(O)Cn1ncc2ncccc2c1=O. The Labute approximate surface area is 140 Å². The zero-order chi connectivity index (χ0) is 16.9. The first kappa shape index (κ1) is 16.3. The van der Waals surface area contributed by atoms with Gasteiger partial charge < -0.3 is 5.11 Å². The predicted octanol–water partition coefficient (Wildman–Crippen LogP) is 1.28. The minimum atomic E-state index is -0.682. The molecule has 0 amide bonds. The maximum absolute atomic E-state index is 12.4. The normalized spacial score (nSPS) is 12.6. The van der Waals surface area contributed by atoms with Crippen molar-refractivity contribution in [2.75, 3.05) is 13.6 Å². The molecule has 0 saturated carbocycles. The van der Waals surface area contributed by atoms with Crippen LogP contribution in [-0.2, 0) is 13.1 Å². The van der Waals surface area contributed by atoms with E-state index in [9.17, 15) is 9.90 Å². The van der Waals surface area contributed by atoms with Crippen LogP contribution < -0.4 is 5.56 Å². The van der Waals surface area contributed by atoms with Crippen molar-refractivity contribution in [3.63, 3.8) is 0 Å². The highest BCUT2D eigenvalue weighted by Gasteiger charge is 2.12. The van der Waals surface area contributed by atoms with Crippen LogP contribution in [0.4, 0.5) is 0 Å². The van der Waals surface area contributed by atoms with Gasteiger partial charge in [-0.3, -0.25) is 14.7 Å². The molecule has 0 aliphatic heterocycles. The number of hydrogen-bond donors (Lipinski definition) is 1. The lowest BCUT2D eigenvalue weighted by molar-refractivity contribution is 0.102. The second-order valence-corrected chi connectivity index (χ2v) is 5.90. The number of fused-ring (bicyclic) bond motifs is 1. The molecule has 0 aliphatic rings. The van der Waals surface area contributed by atoms with Gasteiger partial charge in [0.1, 0.15) is 0 Å². The van der Waals surface area contributed by atoms with Crippen molar-refractivity contribution in [1.82, 2.24) is 19.7 Å². The third-order valence-electron chi connectivity index (χ3n) is 3.82. The molecule has 124 valence electrons. The Balaban J connectivity index is 1.65. The van der Waals surface area contributed by atoms with Crippen LogP contribution in [0.1, 0.15) is 5.56 Å². The zero-order valence-electron chi connectivity index (χ0n) is 13.5. The molecule has 3 rings (SSSR count). The molecule has 1 N–H and O–H groups in total. The van der Waals surface area contributed by atoms with E-state index < -0.39 is 6.10 Å². The van der Waals surface area contributed by atoms with E-state index >= 15 is 0 Å². The van der Waals surface area contributed by atoms with Crippen LogP contribution in [0, 0.1) is 0 Å². The second kappa shape index (κ2) is 7.33. The van der Waals surface area contributed by atoms with Crippen LogP contribution in [0.2, 0.25) is 0 Å². The van der Waals surface area contributed by atoms with E-state index in [2.05, 4.69) is 10.1 Å². The maximum Gasteiger partial charge on any atom is 0.276 e. The van der Waals surface area contributed by atoms with E-state index in [1.165, 1.54) is 10.2 Å². The molecule has 0 spiro atoms. The summed E-state index contributed by atoms with van der Waals surface area (Å²) in [5.41, 5.74) is 1.51. The van der Waals surface area contributed by atoms with E-state index in [1.807, 2.05) is 42.3 Å². The number of aliphatic hydroxyl groups is 1. The highest BCUT2D eigenvalue weighted by molar-refractivity contribution is 5.75. The highest BCUT2D eigenvalue weighted by atomic mass is 16.3. The van der Waals surface area contributed by atoms with Gasteiger partial charge in [0.25, 0.3) is 5.56 Å². The van der Waals surface area contributed by atoms with Crippen molar-refractivity contribution in [3.05, 3.63) is 70.8 Å². The standard InChI is InChI=1S/C18H20N4O2/c1-21(11-14-6-3-2-4-7-14)12-15(23)13-22-18(24)16-8-5-9-19-17(16)10-20-22/h2-10,15,23H,11-13H2,1H3. The summed E-state index contributed by atoms with van der Waals surface area (Å²) in [5.74, 6) is 0. The molecule has 1 atom stereocenters. The first-order chi connectivity index (χ1) is 11.6. The topological polar surface area (TPSA) is 71.2 Å². The van der Waals surface area contributed by atoms with Gasteiger partial charge in [-0.25, -0.2) is 4.68 Å². The van der Waals surface area contributed by atoms with E-state index in [-0.39, 0.29) is 12.1 Å². The number of hydrogen-bond acceptors (Lipinski definition) is 5. The summed E-state index contributed by atoms with van der Waals surface area (Å²) in [5, 5.41) is 14.9. The van der Waals surface area contributed by atoms with Crippen LogP contribution in [0.25, 0.3) is 10.9 Å². The highest BCUT2D eigenvalue weighted by Crippen LogP contribution is 2.05.